The second kappa shape index (κ2) is 9.03. The molecule has 1 saturated heterocycles. The molecular weight excluding hydrogens is 420 g/mol. The van der Waals surface area contributed by atoms with Gasteiger partial charge in [-0.1, -0.05) is 10.3 Å². The summed E-state index contributed by atoms with van der Waals surface area (Å²) >= 11 is 0. The van der Waals surface area contributed by atoms with Crippen LogP contribution in [0.25, 0.3) is 10.9 Å². The third-order valence-corrected chi connectivity index (χ3v) is 6.59. The highest BCUT2D eigenvalue weighted by Gasteiger charge is 2.25. The van der Waals surface area contributed by atoms with Crippen LogP contribution in [0.15, 0.2) is 39.5 Å². The summed E-state index contributed by atoms with van der Waals surface area (Å²) < 4.78 is 18.8. The molecule has 0 aliphatic carbocycles. The highest BCUT2D eigenvalue weighted by molar-refractivity contribution is 5.85. The maximum Gasteiger partial charge on any atom is 0.138 e. The highest BCUT2D eigenvalue weighted by atomic mass is 16.5. The molecule has 1 aromatic carbocycles. The van der Waals surface area contributed by atoms with E-state index in [4.69, 9.17) is 13.8 Å². The van der Waals surface area contributed by atoms with Gasteiger partial charge >= 0.3 is 0 Å². The molecule has 0 radical (unpaired) electrons. The number of aryl methyl sites for hydroxylation is 3. The molecule has 0 amide bonds. The van der Waals surface area contributed by atoms with Crippen molar-refractivity contribution in [2.45, 2.75) is 59.4 Å². The van der Waals surface area contributed by atoms with Crippen molar-refractivity contribution in [1.29, 1.82) is 0 Å². The van der Waals surface area contributed by atoms with Crippen LogP contribution in [0, 0.1) is 20.8 Å². The van der Waals surface area contributed by atoms with Crippen LogP contribution in [0.5, 0.6) is 5.75 Å². The van der Waals surface area contributed by atoms with Crippen LogP contribution in [0.1, 0.15) is 46.9 Å². The molecule has 4 heterocycles. The number of aromatic nitrogens is 3. The highest BCUT2D eigenvalue weighted by Crippen LogP contribution is 2.31. The molecule has 0 unspecified atom stereocenters. The third-order valence-electron chi connectivity index (χ3n) is 6.59. The number of nitrogens with zero attached hydrogens (tertiary/aromatic N) is 4. The van der Waals surface area contributed by atoms with Crippen LogP contribution in [0.2, 0.25) is 0 Å². The molecule has 1 aliphatic heterocycles. The van der Waals surface area contributed by atoms with E-state index in [1.807, 2.05) is 32.9 Å². The molecule has 1 fully saturated rings. The first-order valence-electron chi connectivity index (χ1n) is 11.4. The molecule has 3 aromatic heterocycles. The van der Waals surface area contributed by atoms with Crippen molar-refractivity contribution in [3.8, 4) is 5.75 Å². The molecule has 33 heavy (non-hydrogen) atoms. The van der Waals surface area contributed by atoms with E-state index in [0.29, 0.717) is 13.2 Å². The Labute approximate surface area is 192 Å². The van der Waals surface area contributed by atoms with Gasteiger partial charge in [-0.05, 0) is 63.9 Å². The molecule has 1 N–H and O–H groups in total. The van der Waals surface area contributed by atoms with E-state index in [9.17, 15) is 5.11 Å². The second-order valence-corrected chi connectivity index (χ2v) is 8.93. The predicted octanol–water partition coefficient (Wildman–Crippen LogP) is 4.13. The van der Waals surface area contributed by atoms with Gasteiger partial charge in [0.25, 0.3) is 0 Å². The SMILES string of the molecule is Cc1cc(COc2ccc3c(c2)c(CN2CCC[C@H]2CO)cn3Cc2c(C)noc2C)no1. The van der Waals surface area contributed by atoms with Crippen LogP contribution in [0.4, 0.5) is 0 Å². The number of fused-ring (bicyclic) bond motifs is 1. The Morgan fingerprint density at radius 1 is 1.12 bits per heavy atom. The zero-order valence-corrected chi connectivity index (χ0v) is 19.4. The second-order valence-electron chi connectivity index (χ2n) is 8.93. The number of aliphatic hydroxyl groups excluding tert-OH is 1. The molecular formula is C25H30N4O4. The fourth-order valence-electron chi connectivity index (χ4n) is 4.77. The fraction of sp³-hybridized carbons (Fsp3) is 0.440. The van der Waals surface area contributed by atoms with Crippen molar-refractivity contribution in [2.75, 3.05) is 13.2 Å². The molecule has 8 heteroatoms. The van der Waals surface area contributed by atoms with Crippen molar-refractivity contribution >= 4 is 10.9 Å². The number of ether oxygens (including phenoxy) is 1. The van der Waals surface area contributed by atoms with Crippen molar-refractivity contribution < 1.29 is 18.9 Å². The first-order chi connectivity index (χ1) is 16.0. The average Bonchev–Trinajstić information content (AvgIpc) is 3.58. The first kappa shape index (κ1) is 21.7. The summed E-state index contributed by atoms with van der Waals surface area (Å²) in [5, 5.41) is 19.1. The molecule has 8 nitrogen and oxygen atoms in total. The minimum Gasteiger partial charge on any atom is -0.487 e. The molecule has 0 bridgehead atoms. The Morgan fingerprint density at radius 3 is 2.73 bits per heavy atom. The van der Waals surface area contributed by atoms with Crippen molar-refractivity contribution in [3.05, 3.63) is 64.5 Å². The largest absolute Gasteiger partial charge is 0.487 e. The first-order valence-corrected chi connectivity index (χ1v) is 11.4. The van der Waals surface area contributed by atoms with Gasteiger partial charge in [-0.15, -0.1) is 0 Å². The summed E-state index contributed by atoms with van der Waals surface area (Å²) in [5.74, 6) is 2.41. The molecule has 4 aromatic rings. The maximum absolute atomic E-state index is 9.79. The Balaban J connectivity index is 1.47. The number of hydrogen-bond donors (Lipinski definition) is 1. The van der Waals surface area contributed by atoms with Gasteiger partial charge in [-0.25, -0.2) is 0 Å². The van der Waals surface area contributed by atoms with Gasteiger partial charge in [0, 0.05) is 41.3 Å². The summed E-state index contributed by atoms with van der Waals surface area (Å²) in [6, 6.07) is 8.31. The number of benzene rings is 1. The summed E-state index contributed by atoms with van der Waals surface area (Å²) in [7, 11) is 0. The zero-order chi connectivity index (χ0) is 22.9. The Hall–Kier alpha value is -3.10. The lowest BCUT2D eigenvalue weighted by Crippen LogP contribution is -2.31. The number of likely N-dealkylation sites (tertiary alicyclic amines) is 1. The van der Waals surface area contributed by atoms with Crippen LogP contribution in [-0.2, 0) is 19.7 Å². The number of hydrogen-bond acceptors (Lipinski definition) is 7. The van der Waals surface area contributed by atoms with E-state index in [2.05, 4.69) is 38.1 Å². The third kappa shape index (κ3) is 4.41. The number of aliphatic hydroxyl groups is 1. The molecule has 0 saturated carbocycles. The maximum atomic E-state index is 9.79. The van der Waals surface area contributed by atoms with Crippen LogP contribution < -0.4 is 4.74 Å². The van der Waals surface area contributed by atoms with Gasteiger partial charge in [0.1, 0.15) is 29.6 Å². The quantitative estimate of drug-likeness (QED) is 0.432. The molecule has 5 rings (SSSR count). The van der Waals surface area contributed by atoms with E-state index in [-0.39, 0.29) is 12.6 Å². The molecule has 0 spiro atoms. The van der Waals surface area contributed by atoms with E-state index >= 15 is 0 Å². The van der Waals surface area contributed by atoms with Gasteiger partial charge in [-0.3, -0.25) is 4.90 Å². The smallest absolute Gasteiger partial charge is 0.138 e. The summed E-state index contributed by atoms with van der Waals surface area (Å²) in [4.78, 5) is 2.38. The van der Waals surface area contributed by atoms with E-state index in [1.165, 1.54) is 5.56 Å². The van der Waals surface area contributed by atoms with Crippen LogP contribution >= 0.6 is 0 Å². The topological polar surface area (TPSA) is 89.7 Å². The minimum absolute atomic E-state index is 0.198. The lowest BCUT2D eigenvalue weighted by Gasteiger charge is -2.22. The van der Waals surface area contributed by atoms with Crippen LogP contribution in [-0.4, -0.2) is 44.1 Å². The average molecular weight is 451 g/mol. The summed E-state index contributed by atoms with van der Waals surface area (Å²) in [5.41, 5.74) is 5.15. The zero-order valence-electron chi connectivity index (χ0n) is 19.4. The lowest BCUT2D eigenvalue weighted by molar-refractivity contribution is 0.154. The van der Waals surface area contributed by atoms with Gasteiger partial charge < -0.3 is 23.5 Å². The van der Waals surface area contributed by atoms with Crippen molar-refractivity contribution in [1.82, 2.24) is 19.8 Å². The predicted molar refractivity (Wildman–Crippen MR) is 123 cm³/mol. The van der Waals surface area contributed by atoms with E-state index in [0.717, 1.165) is 71.1 Å². The normalized spacial score (nSPS) is 16.8. The Kier molecular flexibility index (Phi) is 5.95. The molecule has 1 aliphatic rings. The summed E-state index contributed by atoms with van der Waals surface area (Å²) in [6.07, 6.45) is 4.38. The van der Waals surface area contributed by atoms with Crippen molar-refractivity contribution in [2.24, 2.45) is 0 Å². The fourth-order valence-corrected chi connectivity index (χ4v) is 4.77. The van der Waals surface area contributed by atoms with Gasteiger partial charge in [0.15, 0.2) is 0 Å². The van der Waals surface area contributed by atoms with Crippen molar-refractivity contribution in [3.63, 3.8) is 0 Å². The Bertz CT molecular complexity index is 1240. The Morgan fingerprint density at radius 2 is 2.00 bits per heavy atom. The number of rotatable bonds is 8. The molecule has 1 atom stereocenters. The standard InChI is InChI=1S/C25H30N4O4/c1-16-9-20(27-32-16)15-31-22-6-7-25-23(10-22)19(11-28-8-4-5-21(28)14-30)12-29(25)13-24-17(2)26-33-18(24)3/h6-7,9-10,12,21,30H,4-5,8,11,13-15H2,1-3H3/t21-/m0/s1. The minimum atomic E-state index is 0.198. The van der Waals surface area contributed by atoms with Gasteiger partial charge in [0.2, 0.25) is 0 Å². The lowest BCUT2D eigenvalue weighted by atomic mass is 10.1. The van der Waals surface area contributed by atoms with Gasteiger partial charge in [-0.2, -0.15) is 0 Å². The monoisotopic (exact) mass is 450 g/mol. The molecule has 174 valence electrons. The van der Waals surface area contributed by atoms with E-state index in [1.54, 1.807) is 0 Å². The summed E-state index contributed by atoms with van der Waals surface area (Å²) in [6.45, 7) is 8.85. The van der Waals surface area contributed by atoms with E-state index < -0.39 is 0 Å². The van der Waals surface area contributed by atoms with Gasteiger partial charge in [0.05, 0.1) is 18.8 Å². The van der Waals surface area contributed by atoms with Crippen LogP contribution in [0.3, 0.4) is 0 Å².